The van der Waals surface area contributed by atoms with Crippen molar-refractivity contribution in [1.82, 2.24) is 10.4 Å². The number of nitrogens with zero attached hydrogens (tertiary/aromatic N) is 3. The van der Waals surface area contributed by atoms with Crippen LogP contribution in [0.25, 0.3) is 0 Å². The van der Waals surface area contributed by atoms with Crippen LogP contribution in [0.3, 0.4) is 0 Å². The summed E-state index contributed by atoms with van der Waals surface area (Å²) in [5.41, 5.74) is 5.64. The van der Waals surface area contributed by atoms with Crippen molar-refractivity contribution in [2.45, 2.75) is 12.5 Å². The van der Waals surface area contributed by atoms with Crippen LogP contribution in [0, 0.1) is 0 Å². The maximum Gasteiger partial charge on any atom is 0.281 e. The Morgan fingerprint density at radius 3 is 2.35 bits per heavy atom. The summed E-state index contributed by atoms with van der Waals surface area (Å²) in [5, 5.41) is 8.51. The molecule has 2 aliphatic heterocycles. The van der Waals surface area contributed by atoms with Crippen LogP contribution in [-0.4, -0.2) is 42.9 Å². The summed E-state index contributed by atoms with van der Waals surface area (Å²) in [6, 6.07) is 20.2. The maximum atomic E-state index is 12.7. The van der Waals surface area contributed by atoms with E-state index in [-0.39, 0.29) is 11.9 Å². The average molecular weight is 350 g/mol. The third kappa shape index (κ3) is 3.61. The molecule has 1 amide bonds. The summed E-state index contributed by atoms with van der Waals surface area (Å²) >= 11 is 0. The first-order chi connectivity index (χ1) is 12.8. The molecule has 0 spiro atoms. The third-order valence-corrected chi connectivity index (χ3v) is 4.65. The monoisotopic (exact) mass is 350 g/mol. The smallest absolute Gasteiger partial charge is 0.281 e. The first-order valence-electron chi connectivity index (χ1n) is 8.91. The van der Waals surface area contributed by atoms with Crippen molar-refractivity contribution in [1.29, 1.82) is 0 Å². The molecule has 0 bridgehead atoms. The topological polar surface area (TPSA) is 57.2 Å². The van der Waals surface area contributed by atoms with Crippen molar-refractivity contribution in [3.63, 3.8) is 0 Å². The van der Waals surface area contributed by atoms with Gasteiger partial charge in [-0.25, -0.2) is 5.01 Å². The van der Waals surface area contributed by atoms with E-state index in [1.807, 2.05) is 58.5 Å². The molecule has 0 aliphatic carbocycles. The summed E-state index contributed by atoms with van der Waals surface area (Å²) in [6.45, 7) is 2.66. The Labute approximate surface area is 153 Å². The highest BCUT2D eigenvalue weighted by Gasteiger charge is 2.32. The summed E-state index contributed by atoms with van der Waals surface area (Å²) in [6.07, 6.45) is 0.578. The Morgan fingerprint density at radius 1 is 1.00 bits per heavy atom. The first kappa shape index (κ1) is 16.8. The van der Waals surface area contributed by atoms with E-state index in [2.05, 4.69) is 22.7 Å². The van der Waals surface area contributed by atoms with E-state index in [9.17, 15) is 4.79 Å². The number of carbonyl (C=O) groups excluding carboxylic acids is 1. The van der Waals surface area contributed by atoms with Gasteiger partial charge in [-0.1, -0.05) is 48.5 Å². The molecule has 4 rings (SSSR count). The normalized spacial score (nSPS) is 20.7. The van der Waals surface area contributed by atoms with E-state index in [1.54, 1.807) is 0 Å². The lowest BCUT2D eigenvalue weighted by molar-refractivity contribution is -0.121. The van der Waals surface area contributed by atoms with E-state index in [0.717, 1.165) is 11.3 Å². The van der Waals surface area contributed by atoms with Crippen LogP contribution in [0.5, 0.6) is 0 Å². The highest BCUT2D eigenvalue weighted by atomic mass is 16.5. The number of hydrogen-bond acceptors (Lipinski definition) is 5. The van der Waals surface area contributed by atoms with Crippen molar-refractivity contribution in [2.75, 3.05) is 31.3 Å². The van der Waals surface area contributed by atoms with Crippen molar-refractivity contribution in [3.05, 3.63) is 66.2 Å². The molecule has 2 aromatic carbocycles. The second-order valence-electron chi connectivity index (χ2n) is 6.40. The van der Waals surface area contributed by atoms with Gasteiger partial charge in [-0.15, -0.1) is 0 Å². The zero-order chi connectivity index (χ0) is 17.8. The Bertz CT molecular complexity index is 773. The van der Waals surface area contributed by atoms with Gasteiger partial charge in [-0.3, -0.25) is 15.2 Å². The number of amides is 1. The summed E-state index contributed by atoms with van der Waals surface area (Å²) < 4.78 is 5.33. The number of rotatable bonds is 4. The average Bonchev–Trinajstić information content (AvgIpc) is 3.16. The van der Waals surface area contributed by atoms with Crippen LogP contribution in [0.1, 0.15) is 18.0 Å². The lowest BCUT2D eigenvalue weighted by atomic mass is 10.0. The molecule has 26 heavy (non-hydrogen) atoms. The van der Waals surface area contributed by atoms with Crippen LogP contribution in [0.4, 0.5) is 5.69 Å². The van der Waals surface area contributed by atoms with Crippen LogP contribution >= 0.6 is 0 Å². The molecule has 2 heterocycles. The van der Waals surface area contributed by atoms with Gasteiger partial charge in [0.05, 0.1) is 24.9 Å². The fourth-order valence-electron chi connectivity index (χ4n) is 3.28. The van der Waals surface area contributed by atoms with Crippen molar-refractivity contribution in [2.24, 2.45) is 5.10 Å². The lowest BCUT2D eigenvalue weighted by Gasteiger charge is -2.26. The predicted octanol–water partition coefficient (Wildman–Crippen LogP) is 2.36. The number of para-hydroxylation sites is 1. The van der Waals surface area contributed by atoms with Gasteiger partial charge < -0.3 is 4.74 Å². The highest BCUT2D eigenvalue weighted by molar-refractivity contribution is 6.39. The van der Waals surface area contributed by atoms with Crippen LogP contribution < -0.4 is 10.4 Å². The Kier molecular flexibility index (Phi) is 4.95. The van der Waals surface area contributed by atoms with Crippen molar-refractivity contribution >= 4 is 17.3 Å². The van der Waals surface area contributed by atoms with Gasteiger partial charge in [-0.2, -0.15) is 5.10 Å². The maximum absolute atomic E-state index is 12.7. The van der Waals surface area contributed by atoms with E-state index >= 15 is 0 Å². The van der Waals surface area contributed by atoms with Gasteiger partial charge in [0, 0.05) is 19.5 Å². The molecule has 1 fully saturated rings. The molecule has 0 radical (unpaired) electrons. The largest absolute Gasteiger partial charge is 0.379 e. The number of hydrogen-bond donors (Lipinski definition) is 1. The lowest BCUT2D eigenvalue weighted by Crippen LogP contribution is -2.50. The van der Waals surface area contributed by atoms with Crippen LogP contribution in [0.2, 0.25) is 0 Å². The standard InChI is InChI=1S/C20H22N4O2/c25-20(22-23-11-13-26-14-12-23)18-15-19(16-7-3-1-4-8-16)24(21-18)17-9-5-2-6-10-17/h1-10,19H,11-15H2,(H,22,25). The fourth-order valence-corrected chi connectivity index (χ4v) is 3.28. The van der Waals surface area contributed by atoms with Gasteiger partial charge in [0.15, 0.2) is 0 Å². The minimum Gasteiger partial charge on any atom is -0.379 e. The highest BCUT2D eigenvalue weighted by Crippen LogP contribution is 2.34. The number of hydrazine groups is 1. The molecular formula is C20H22N4O2. The SMILES string of the molecule is O=C(NN1CCOCC1)C1=NN(c2ccccc2)C(c2ccccc2)C1. The van der Waals surface area contributed by atoms with Gasteiger partial charge in [0.2, 0.25) is 0 Å². The molecule has 1 saturated heterocycles. The molecule has 0 aromatic heterocycles. The number of benzene rings is 2. The number of anilines is 1. The molecule has 1 N–H and O–H groups in total. The fraction of sp³-hybridized carbons (Fsp3) is 0.300. The Morgan fingerprint density at radius 2 is 1.65 bits per heavy atom. The summed E-state index contributed by atoms with van der Waals surface area (Å²) in [7, 11) is 0. The number of morpholine rings is 1. The van der Waals surface area contributed by atoms with E-state index in [1.165, 1.54) is 0 Å². The molecular weight excluding hydrogens is 328 g/mol. The Hall–Kier alpha value is -2.70. The first-order valence-corrected chi connectivity index (χ1v) is 8.91. The molecule has 2 aromatic rings. The molecule has 6 heteroatoms. The Balaban J connectivity index is 1.56. The molecule has 6 nitrogen and oxygen atoms in total. The quantitative estimate of drug-likeness (QED) is 0.920. The van der Waals surface area contributed by atoms with E-state index in [0.29, 0.717) is 38.4 Å². The van der Waals surface area contributed by atoms with E-state index in [4.69, 9.17) is 4.74 Å². The van der Waals surface area contributed by atoms with Crippen LogP contribution in [0.15, 0.2) is 65.8 Å². The molecule has 2 aliphatic rings. The molecule has 0 saturated carbocycles. The zero-order valence-electron chi connectivity index (χ0n) is 14.5. The van der Waals surface area contributed by atoms with Gasteiger partial charge in [0.25, 0.3) is 5.91 Å². The zero-order valence-corrected chi connectivity index (χ0v) is 14.5. The van der Waals surface area contributed by atoms with Gasteiger partial charge in [0.1, 0.15) is 5.71 Å². The van der Waals surface area contributed by atoms with E-state index < -0.39 is 0 Å². The third-order valence-electron chi connectivity index (χ3n) is 4.65. The minimum absolute atomic E-state index is 0.0176. The van der Waals surface area contributed by atoms with Gasteiger partial charge in [-0.05, 0) is 17.7 Å². The minimum atomic E-state index is -0.133. The number of nitrogens with one attached hydrogen (secondary N) is 1. The van der Waals surface area contributed by atoms with Crippen LogP contribution in [-0.2, 0) is 9.53 Å². The molecule has 1 atom stereocenters. The number of carbonyl (C=O) groups is 1. The molecule has 134 valence electrons. The number of hydrazone groups is 1. The molecule has 1 unspecified atom stereocenters. The summed E-state index contributed by atoms with van der Waals surface area (Å²) in [5.74, 6) is -0.133. The second kappa shape index (κ2) is 7.68. The number of ether oxygens (including phenoxy) is 1. The predicted molar refractivity (Wildman–Crippen MR) is 101 cm³/mol. The van der Waals surface area contributed by atoms with Crippen molar-refractivity contribution < 1.29 is 9.53 Å². The van der Waals surface area contributed by atoms with Crippen molar-refractivity contribution in [3.8, 4) is 0 Å². The summed E-state index contributed by atoms with van der Waals surface area (Å²) in [4.78, 5) is 12.7. The second-order valence-corrected chi connectivity index (χ2v) is 6.40. The van der Waals surface area contributed by atoms with Gasteiger partial charge >= 0.3 is 0 Å².